The van der Waals surface area contributed by atoms with Gasteiger partial charge < -0.3 is 21.3 Å². The molecule has 0 unspecified atom stereocenters. The SMILES string of the molecule is C=C(Cl)C(=O)Nc1ccc2c(-c3ccccc3CNc3nc(NCC4CCNCC4)nc4c(C(C)C)cnn34)nccc2c1. The number of nitrogens with one attached hydrogen (secondary N) is 4. The summed E-state index contributed by atoms with van der Waals surface area (Å²) in [7, 11) is 0. The van der Waals surface area contributed by atoms with Crippen LogP contribution in [0, 0.1) is 5.92 Å². The molecule has 5 aromatic rings. The van der Waals surface area contributed by atoms with Gasteiger partial charge in [0.05, 0.1) is 16.9 Å². The molecule has 0 atom stereocenters. The van der Waals surface area contributed by atoms with Crippen molar-refractivity contribution in [1.82, 2.24) is 29.9 Å². The van der Waals surface area contributed by atoms with Gasteiger partial charge in [0.25, 0.3) is 5.91 Å². The molecule has 4 N–H and O–H groups in total. The van der Waals surface area contributed by atoms with Gasteiger partial charge >= 0.3 is 0 Å². The Labute approximate surface area is 261 Å². The number of aromatic nitrogens is 5. The zero-order chi connectivity index (χ0) is 30.6. The third-order valence-corrected chi connectivity index (χ3v) is 8.17. The number of piperidine rings is 1. The molecule has 0 aliphatic carbocycles. The topological polar surface area (TPSA) is 121 Å². The van der Waals surface area contributed by atoms with E-state index in [9.17, 15) is 4.79 Å². The molecule has 1 fully saturated rings. The van der Waals surface area contributed by atoms with Gasteiger partial charge in [0.2, 0.25) is 11.9 Å². The second kappa shape index (κ2) is 13.0. The number of halogens is 1. The maximum atomic E-state index is 12.0. The van der Waals surface area contributed by atoms with Gasteiger partial charge in [0, 0.05) is 41.5 Å². The molecule has 1 aliphatic heterocycles. The number of hydrogen-bond acceptors (Lipinski definition) is 8. The minimum atomic E-state index is -0.433. The molecule has 1 saturated heterocycles. The number of carbonyl (C=O) groups is 1. The van der Waals surface area contributed by atoms with Gasteiger partial charge in [-0.15, -0.1) is 0 Å². The van der Waals surface area contributed by atoms with Crippen LogP contribution in [0.15, 0.2) is 72.5 Å². The first-order valence-corrected chi connectivity index (χ1v) is 15.3. The lowest BCUT2D eigenvalue weighted by atomic mass is 9.98. The first-order valence-electron chi connectivity index (χ1n) is 14.9. The van der Waals surface area contributed by atoms with Crippen LogP contribution in [0.2, 0.25) is 0 Å². The number of anilines is 3. The van der Waals surface area contributed by atoms with E-state index in [4.69, 9.17) is 26.6 Å². The van der Waals surface area contributed by atoms with Crippen molar-refractivity contribution in [2.24, 2.45) is 5.92 Å². The van der Waals surface area contributed by atoms with E-state index in [0.717, 1.165) is 71.3 Å². The molecule has 44 heavy (non-hydrogen) atoms. The number of benzene rings is 2. The van der Waals surface area contributed by atoms with Crippen molar-refractivity contribution < 1.29 is 4.79 Å². The summed E-state index contributed by atoms with van der Waals surface area (Å²) in [5.74, 6) is 1.66. The summed E-state index contributed by atoms with van der Waals surface area (Å²) in [5, 5.41) is 19.7. The molecule has 0 bridgehead atoms. The van der Waals surface area contributed by atoms with Crippen LogP contribution >= 0.6 is 11.6 Å². The number of pyridine rings is 1. The normalized spacial score (nSPS) is 13.8. The zero-order valence-corrected chi connectivity index (χ0v) is 25.7. The maximum Gasteiger partial charge on any atom is 0.266 e. The Bertz CT molecular complexity index is 1830. The molecule has 0 saturated carbocycles. The molecule has 3 aromatic heterocycles. The quantitative estimate of drug-likeness (QED) is 0.139. The minimum Gasteiger partial charge on any atom is -0.354 e. The Hall–Kier alpha value is -4.54. The Morgan fingerprint density at radius 1 is 1.11 bits per heavy atom. The van der Waals surface area contributed by atoms with Gasteiger partial charge in [-0.25, -0.2) is 0 Å². The lowest BCUT2D eigenvalue weighted by Gasteiger charge is -2.22. The summed E-state index contributed by atoms with van der Waals surface area (Å²) in [5.41, 5.74) is 5.40. The van der Waals surface area contributed by atoms with Crippen LogP contribution < -0.4 is 21.3 Å². The van der Waals surface area contributed by atoms with Gasteiger partial charge in [0.15, 0.2) is 5.65 Å². The molecule has 1 amide bonds. The molecule has 6 rings (SSSR count). The average Bonchev–Trinajstić information content (AvgIpc) is 3.47. The van der Waals surface area contributed by atoms with E-state index in [-0.39, 0.29) is 11.0 Å². The minimum absolute atomic E-state index is 0.0666. The van der Waals surface area contributed by atoms with Crippen molar-refractivity contribution in [3.63, 3.8) is 0 Å². The zero-order valence-electron chi connectivity index (χ0n) is 24.9. The second-order valence-corrected chi connectivity index (χ2v) is 11.9. The first-order chi connectivity index (χ1) is 21.4. The summed E-state index contributed by atoms with van der Waals surface area (Å²) in [6.45, 7) is 11.2. The molecule has 10 nitrogen and oxygen atoms in total. The third-order valence-electron chi connectivity index (χ3n) is 8.00. The van der Waals surface area contributed by atoms with Crippen molar-refractivity contribution in [3.8, 4) is 11.3 Å². The fourth-order valence-corrected chi connectivity index (χ4v) is 5.61. The molecule has 226 valence electrons. The van der Waals surface area contributed by atoms with Crippen molar-refractivity contribution in [2.45, 2.75) is 39.2 Å². The van der Waals surface area contributed by atoms with E-state index in [1.807, 2.05) is 42.6 Å². The van der Waals surface area contributed by atoms with Crippen LogP contribution in [0.5, 0.6) is 0 Å². The van der Waals surface area contributed by atoms with Crippen LogP contribution in [0.3, 0.4) is 0 Å². The van der Waals surface area contributed by atoms with E-state index >= 15 is 0 Å². The average molecular weight is 610 g/mol. The smallest absolute Gasteiger partial charge is 0.266 e. The predicted molar refractivity (Wildman–Crippen MR) is 177 cm³/mol. The summed E-state index contributed by atoms with van der Waals surface area (Å²) in [6, 6.07) is 15.8. The van der Waals surface area contributed by atoms with Crippen molar-refractivity contribution >= 4 is 51.5 Å². The van der Waals surface area contributed by atoms with E-state index in [0.29, 0.717) is 30.0 Å². The number of nitrogens with zero attached hydrogens (tertiary/aromatic N) is 5. The third kappa shape index (κ3) is 6.36. The van der Waals surface area contributed by atoms with Crippen LogP contribution in [0.4, 0.5) is 17.6 Å². The first kappa shape index (κ1) is 29.5. The number of carbonyl (C=O) groups excluding carboxylic acids is 1. The number of amides is 1. The monoisotopic (exact) mass is 609 g/mol. The van der Waals surface area contributed by atoms with Gasteiger partial charge in [-0.1, -0.05) is 62.4 Å². The van der Waals surface area contributed by atoms with Crippen LogP contribution in [0.25, 0.3) is 27.7 Å². The molecule has 1 aliphatic rings. The van der Waals surface area contributed by atoms with Gasteiger partial charge in [-0.3, -0.25) is 9.78 Å². The summed E-state index contributed by atoms with van der Waals surface area (Å²) < 4.78 is 1.79. The number of hydrogen-bond donors (Lipinski definition) is 4. The number of fused-ring (bicyclic) bond motifs is 2. The van der Waals surface area contributed by atoms with Gasteiger partial charge in [-0.05, 0) is 66.9 Å². The largest absolute Gasteiger partial charge is 0.354 e. The highest BCUT2D eigenvalue weighted by molar-refractivity contribution is 6.43. The fraction of sp³-hybridized carbons (Fsp3) is 0.303. The highest BCUT2D eigenvalue weighted by atomic mass is 35.5. The van der Waals surface area contributed by atoms with Crippen LogP contribution in [0.1, 0.15) is 43.7 Å². The van der Waals surface area contributed by atoms with E-state index < -0.39 is 5.91 Å². The van der Waals surface area contributed by atoms with Crippen molar-refractivity contribution in [3.05, 3.63) is 83.7 Å². The lowest BCUT2D eigenvalue weighted by Crippen LogP contribution is -2.31. The van der Waals surface area contributed by atoms with Crippen LogP contribution in [-0.4, -0.2) is 50.1 Å². The van der Waals surface area contributed by atoms with Gasteiger partial charge in [-0.2, -0.15) is 19.6 Å². The predicted octanol–water partition coefficient (Wildman–Crippen LogP) is 6.18. The molecule has 0 spiro atoms. The Morgan fingerprint density at radius 3 is 2.73 bits per heavy atom. The molecular weight excluding hydrogens is 574 g/mol. The van der Waals surface area contributed by atoms with Gasteiger partial charge in [0.1, 0.15) is 0 Å². The second-order valence-electron chi connectivity index (χ2n) is 11.4. The molecule has 0 radical (unpaired) electrons. The molecule has 4 heterocycles. The maximum absolute atomic E-state index is 12.0. The highest BCUT2D eigenvalue weighted by Crippen LogP contribution is 2.31. The highest BCUT2D eigenvalue weighted by Gasteiger charge is 2.18. The molecule has 11 heteroatoms. The van der Waals surface area contributed by atoms with E-state index in [1.165, 1.54) is 0 Å². The van der Waals surface area contributed by atoms with Crippen LogP contribution in [-0.2, 0) is 11.3 Å². The van der Waals surface area contributed by atoms with Crippen molar-refractivity contribution in [1.29, 1.82) is 0 Å². The molecular formula is C33H36ClN9O. The Balaban J connectivity index is 1.29. The lowest BCUT2D eigenvalue weighted by molar-refractivity contribution is -0.112. The number of rotatable bonds is 10. The van der Waals surface area contributed by atoms with Crippen molar-refractivity contribution in [2.75, 3.05) is 35.6 Å². The van der Waals surface area contributed by atoms with E-state index in [1.54, 1.807) is 10.7 Å². The summed E-state index contributed by atoms with van der Waals surface area (Å²) in [4.78, 5) is 26.5. The molecule has 2 aromatic carbocycles. The standard InChI is InChI=1S/C33H36ClN9O/c1-20(2)28-19-39-43-30(28)41-32(37-17-22-10-13-35-14-11-22)42-33(43)38-18-24-6-4-5-7-26(24)29-27-9-8-25(40-31(44)21(3)34)16-23(27)12-15-36-29/h4-9,12,15-16,19-20,22,35H,3,10-11,13-14,17-18H2,1-2H3,(H,40,44)(H2,37,38,41,42). The fourth-order valence-electron chi connectivity index (χ4n) is 5.57. The Kier molecular flexibility index (Phi) is 8.72. The summed E-state index contributed by atoms with van der Waals surface area (Å²) >= 11 is 5.76. The Morgan fingerprint density at radius 2 is 1.93 bits per heavy atom. The summed E-state index contributed by atoms with van der Waals surface area (Å²) in [6.07, 6.45) is 5.94. The van der Waals surface area contributed by atoms with E-state index in [2.05, 4.69) is 58.9 Å².